The van der Waals surface area contributed by atoms with Crippen LogP contribution >= 0.6 is 23.5 Å². The number of carbonyl (C=O) groups excluding carboxylic acids is 1. The number of amidine groups is 1. The fourth-order valence-electron chi connectivity index (χ4n) is 3.01. The van der Waals surface area contributed by atoms with Gasteiger partial charge in [0.05, 0.1) is 10.6 Å². The summed E-state index contributed by atoms with van der Waals surface area (Å²) in [5.41, 5.74) is 0.525. The number of amides is 1. The lowest BCUT2D eigenvalue weighted by Gasteiger charge is -2.16. The van der Waals surface area contributed by atoms with Crippen molar-refractivity contribution < 1.29 is 13.2 Å². The van der Waals surface area contributed by atoms with Gasteiger partial charge in [-0.05, 0) is 42.5 Å². The van der Waals surface area contributed by atoms with Gasteiger partial charge in [0.25, 0.3) is 0 Å². The molecular weight excluding hydrogens is 450 g/mol. The average molecular weight is 478 g/mol. The third-order valence-corrected chi connectivity index (χ3v) is 8.63. The predicted molar refractivity (Wildman–Crippen MR) is 130 cm³/mol. The molecular formula is C22H27N3O3S3. The van der Waals surface area contributed by atoms with E-state index in [2.05, 4.69) is 24.0 Å². The molecule has 1 amide bonds. The van der Waals surface area contributed by atoms with Gasteiger partial charge in [-0.25, -0.2) is 17.7 Å². The highest BCUT2D eigenvalue weighted by Gasteiger charge is 2.30. The van der Waals surface area contributed by atoms with Crippen LogP contribution in [0.4, 0.5) is 5.69 Å². The van der Waals surface area contributed by atoms with Gasteiger partial charge in [-0.3, -0.25) is 9.69 Å². The van der Waals surface area contributed by atoms with Crippen molar-refractivity contribution in [2.45, 2.75) is 34.8 Å². The van der Waals surface area contributed by atoms with Crippen molar-refractivity contribution >= 4 is 50.3 Å². The molecule has 0 radical (unpaired) electrons. The molecule has 1 aliphatic rings. The molecule has 0 aromatic heterocycles. The van der Waals surface area contributed by atoms with Gasteiger partial charge in [0.2, 0.25) is 15.9 Å². The average Bonchev–Trinajstić information content (AvgIpc) is 3.12. The van der Waals surface area contributed by atoms with E-state index in [-0.39, 0.29) is 16.1 Å². The van der Waals surface area contributed by atoms with E-state index >= 15 is 0 Å². The van der Waals surface area contributed by atoms with E-state index < -0.39 is 10.0 Å². The van der Waals surface area contributed by atoms with Crippen molar-refractivity contribution in [3.05, 3.63) is 54.6 Å². The van der Waals surface area contributed by atoms with E-state index in [1.807, 2.05) is 18.2 Å². The molecule has 1 atom stereocenters. The van der Waals surface area contributed by atoms with Gasteiger partial charge in [-0.15, -0.1) is 11.8 Å². The Morgan fingerprint density at radius 1 is 1.19 bits per heavy atom. The van der Waals surface area contributed by atoms with Crippen LogP contribution in [-0.2, 0) is 14.8 Å². The summed E-state index contributed by atoms with van der Waals surface area (Å²) in [6.07, 6.45) is 1.25. The van der Waals surface area contributed by atoms with Crippen LogP contribution in [0.3, 0.4) is 0 Å². The fraction of sp³-hybridized carbons (Fsp3) is 0.364. The fourth-order valence-corrected chi connectivity index (χ4v) is 5.87. The Bertz CT molecular complexity index is 1040. The molecule has 1 unspecified atom stereocenters. The van der Waals surface area contributed by atoms with Crippen LogP contribution in [0.15, 0.2) is 69.4 Å². The minimum atomic E-state index is -3.54. The second kappa shape index (κ2) is 10.7. The molecule has 0 spiro atoms. The number of sulfonamides is 1. The summed E-state index contributed by atoms with van der Waals surface area (Å²) in [5, 5.41) is 0.877. The Balaban J connectivity index is 1.66. The summed E-state index contributed by atoms with van der Waals surface area (Å²) in [6.45, 7) is 2.68. The van der Waals surface area contributed by atoms with Gasteiger partial charge in [0, 0.05) is 37.2 Å². The monoisotopic (exact) mass is 477 g/mol. The maximum absolute atomic E-state index is 12.8. The van der Waals surface area contributed by atoms with Crippen LogP contribution in [0.1, 0.15) is 19.8 Å². The second-order valence-electron chi connectivity index (χ2n) is 7.38. The molecule has 1 aliphatic heterocycles. The van der Waals surface area contributed by atoms with Crippen molar-refractivity contribution in [3.8, 4) is 0 Å². The number of hydrogen-bond acceptors (Lipinski definition) is 6. The highest BCUT2D eigenvalue weighted by molar-refractivity contribution is 8.14. The third-order valence-electron chi connectivity index (χ3n) is 4.65. The molecule has 166 valence electrons. The predicted octanol–water partition coefficient (Wildman–Crippen LogP) is 4.46. The number of hydrogen-bond donors (Lipinski definition) is 0. The molecule has 2 aromatic rings. The van der Waals surface area contributed by atoms with Crippen molar-refractivity contribution in [1.29, 1.82) is 0 Å². The number of rotatable bonds is 8. The molecule has 0 aliphatic carbocycles. The second-order valence-corrected chi connectivity index (χ2v) is 12.1. The van der Waals surface area contributed by atoms with E-state index in [4.69, 9.17) is 0 Å². The van der Waals surface area contributed by atoms with Crippen LogP contribution in [0.25, 0.3) is 0 Å². The van der Waals surface area contributed by atoms with Crippen LogP contribution in [0, 0.1) is 0 Å². The first kappa shape index (κ1) is 23.8. The summed E-state index contributed by atoms with van der Waals surface area (Å²) >= 11 is 3.29. The Hall–Kier alpha value is -1.81. The summed E-state index contributed by atoms with van der Waals surface area (Å²) < 4.78 is 26.0. The highest BCUT2D eigenvalue weighted by atomic mass is 32.2. The zero-order chi connectivity index (χ0) is 22.4. The smallest absolute Gasteiger partial charge is 0.242 e. The van der Waals surface area contributed by atoms with Gasteiger partial charge in [0.1, 0.15) is 0 Å². The minimum absolute atomic E-state index is 0.0568. The maximum Gasteiger partial charge on any atom is 0.242 e. The lowest BCUT2D eigenvalue weighted by Crippen LogP contribution is -2.32. The SMILES string of the molecule is CC1CN(C(=O)CCCSc2ccccc2)C(=Nc2cccc(S(=O)(=O)N(C)C)c2)S1. The Morgan fingerprint density at radius 3 is 2.65 bits per heavy atom. The molecule has 0 bridgehead atoms. The normalized spacial score (nSPS) is 18.1. The molecule has 1 saturated heterocycles. The molecule has 1 heterocycles. The van der Waals surface area contributed by atoms with E-state index in [0.29, 0.717) is 23.8 Å². The Kier molecular flexibility index (Phi) is 8.21. The number of carbonyl (C=O) groups is 1. The minimum Gasteiger partial charge on any atom is -0.290 e. The number of thioether (sulfide) groups is 2. The third kappa shape index (κ3) is 6.35. The first-order valence-corrected chi connectivity index (χ1v) is 13.3. The lowest BCUT2D eigenvalue weighted by molar-refractivity contribution is -0.127. The quantitative estimate of drug-likeness (QED) is 0.415. The molecule has 6 nitrogen and oxygen atoms in total. The largest absolute Gasteiger partial charge is 0.290 e. The van der Waals surface area contributed by atoms with Crippen LogP contribution in [-0.4, -0.2) is 60.3 Å². The van der Waals surface area contributed by atoms with Crippen molar-refractivity contribution in [2.75, 3.05) is 26.4 Å². The summed E-state index contributed by atoms with van der Waals surface area (Å²) in [5.74, 6) is 0.935. The van der Waals surface area contributed by atoms with E-state index in [0.717, 1.165) is 12.2 Å². The number of benzene rings is 2. The zero-order valence-electron chi connectivity index (χ0n) is 17.9. The van der Waals surface area contributed by atoms with E-state index in [9.17, 15) is 13.2 Å². The molecule has 31 heavy (non-hydrogen) atoms. The van der Waals surface area contributed by atoms with Crippen LogP contribution < -0.4 is 0 Å². The molecule has 9 heteroatoms. The molecule has 0 N–H and O–H groups in total. The van der Waals surface area contributed by atoms with E-state index in [1.54, 1.807) is 52.7 Å². The topological polar surface area (TPSA) is 70.0 Å². The molecule has 2 aromatic carbocycles. The van der Waals surface area contributed by atoms with Gasteiger partial charge < -0.3 is 0 Å². The van der Waals surface area contributed by atoms with Crippen LogP contribution in [0.5, 0.6) is 0 Å². The first-order chi connectivity index (χ1) is 14.8. The first-order valence-electron chi connectivity index (χ1n) is 10.0. The standard InChI is InChI=1S/C22H27N3O3S3/c1-17-16-25(21(26)13-8-14-29-19-10-5-4-6-11-19)22(30-17)23-18-9-7-12-20(15-18)31(27,28)24(2)3/h4-7,9-12,15,17H,8,13-14,16H2,1-3H3. The Morgan fingerprint density at radius 2 is 1.94 bits per heavy atom. The molecule has 1 fully saturated rings. The highest BCUT2D eigenvalue weighted by Crippen LogP contribution is 2.30. The molecule has 0 saturated carbocycles. The van der Waals surface area contributed by atoms with Gasteiger partial charge in [-0.2, -0.15) is 0 Å². The number of nitrogens with zero attached hydrogens (tertiary/aromatic N) is 3. The van der Waals surface area contributed by atoms with Gasteiger partial charge in [0.15, 0.2) is 5.17 Å². The van der Waals surface area contributed by atoms with Crippen LogP contribution in [0.2, 0.25) is 0 Å². The van der Waals surface area contributed by atoms with Gasteiger partial charge >= 0.3 is 0 Å². The number of aliphatic imine (C=N–C) groups is 1. The van der Waals surface area contributed by atoms with Crippen molar-refractivity contribution in [1.82, 2.24) is 9.21 Å². The zero-order valence-corrected chi connectivity index (χ0v) is 20.3. The lowest BCUT2D eigenvalue weighted by atomic mass is 10.3. The summed E-state index contributed by atoms with van der Waals surface area (Å²) in [4.78, 5) is 20.6. The van der Waals surface area contributed by atoms with Crippen molar-refractivity contribution in [2.24, 2.45) is 4.99 Å². The van der Waals surface area contributed by atoms with Gasteiger partial charge in [-0.1, -0.05) is 43.0 Å². The molecule has 3 rings (SSSR count). The Labute approximate surface area is 193 Å². The summed E-state index contributed by atoms with van der Waals surface area (Å²) in [6, 6.07) is 16.7. The maximum atomic E-state index is 12.8. The van der Waals surface area contributed by atoms with Crippen molar-refractivity contribution in [3.63, 3.8) is 0 Å². The summed E-state index contributed by atoms with van der Waals surface area (Å²) in [7, 11) is -0.539. The van der Waals surface area contributed by atoms with E-state index in [1.165, 1.54) is 23.3 Å².